The van der Waals surface area contributed by atoms with Crippen molar-refractivity contribution in [2.24, 2.45) is 5.92 Å². The number of aliphatic hydroxyl groups excluding tert-OH is 1. The third-order valence-electron chi connectivity index (χ3n) is 3.31. The molecule has 0 saturated carbocycles. The van der Waals surface area contributed by atoms with Crippen molar-refractivity contribution in [3.8, 4) is 0 Å². The molecule has 1 fully saturated rings. The maximum Gasteiger partial charge on any atom is 0.123 e. The molecule has 3 heteroatoms. The molecular weight excluding hydrogens is 235 g/mol. The van der Waals surface area contributed by atoms with Crippen LogP contribution >= 0.6 is 11.8 Å². The molecule has 0 radical (unpaired) electrons. The molecule has 0 spiro atoms. The van der Waals surface area contributed by atoms with Crippen molar-refractivity contribution in [3.63, 3.8) is 0 Å². The van der Waals surface area contributed by atoms with E-state index in [0.717, 1.165) is 12.0 Å². The summed E-state index contributed by atoms with van der Waals surface area (Å²) in [4.78, 5) is 0. The SMILES string of the molecule is OC(Cc1cccc(F)c1)CC1CCSCC1. The molecule has 0 amide bonds. The van der Waals surface area contributed by atoms with Crippen molar-refractivity contribution in [1.82, 2.24) is 0 Å². The minimum Gasteiger partial charge on any atom is -0.393 e. The van der Waals surface area contributed by atoms with Gasteiger partial charge in [0.25, 0.3) is 0 Å². The van der Waals surface area contributed by atoms with E-state index in [1.807, 2.05) is 17.8 Å². The van der Waals surface area contributed by atoms with E-state index >= 15 is 0 Å². The van der Waals surface area contributed by atoms with Gasteiger partial charge in [0.2, 0.25) is 0 Å². The molecule has 17 heavy (non-hydrogen) atoms. The molecule has 1 nitrogen and oxygen atoms in total. The topological polar surface area (TPSA) is 20.2 Å². The lowest BCUT2D eigenvalue weighted by Gasteiger charge is -2.23. The Morgan fingerprint density at radius 3 is 2.82 bits per heavy atom. The number of hydrogen-bond donors (Lipinski definition) is 1. The fourth-order valence-electron chi connectivity index (χ4n) is 2.39. The van der Waals surface area contributed by atoms with E-state index in [4.69, 9.17) is 0 Å². The van der Waals surface area contributed by atoms with Crippen LogP contribution in [0.1, 0.15) is 24.8 Å². The molecule has 1 saturated heterocycles. The van der Waals surface area contributed by atoms with Crippen LogP contribution in [0.5, 0.6) is 0 Å². The largest absolute Gasteiger partial charge is 0.393 e. The van der Waals surface area contributed by atoms with Gasteiger partial charge in [0.15, 0.2) is 0 Å². The fourth-order valence-corrected chi connectivity index (χ4v) is 3.59. The van der Waals surface area contributed by atoms with Crippen molar-refractivity contribution < 1.29 is 9.50 Å². The van der Waals surface area contributed by atoms with Gasteiger partial charge in [0.05, 0.1) is 6.10 Å². The lowest BCUT2D eigenvalue weighted by Crippen LogP contribution is -2.19. The molecular formula is C14H19FOS. The van der Waals surface area contributed by atoms with E-state index in [-0.39, 0.29) is 11.9 Å². The number of hydrogen-bond acceptors (Lipinski definition) is 2. The first kappa shape index (κ1) is 12.9. The molecule has 0 bridgehead atoms. The first-order valence-electron chi connectivity index (χ1n) is 6.24. The van der Waals surface area contributed by atoms with Crippen molar-refractivity contribution in [2.45, 2.75) is 31.8 Å². The second kappa shape index (κ2) is 6.41. The summed E-state index contributed by atoms with van der Waals surface area (Å²) in [7, 11) is 0. The first-order valence-corrected chi connectivity index (χ1v) is 7.40. The van der Waals surface area contributed by atoms with Crippen molar-refractivity contribution in [2.75, 3.05) is 11.5 Å². The zero-order valence-corrected chi connectivity index (χ0v) is 10.8. The molecule has 0 aliphatic carbocycles. The second-order valence-electron chi connectivity index (χ2n) is 4.78. The van der Waals surface area contributed by atoms with Crippen LogP contribution in [-0.4, -0.2) is 22.7 Å². The Kier molecular flexibility index (Phi) is 4.86. The highest BCUT2D eigenvalue weighted by Crippen LogP contribution is 2.27. The quantitative estimate of drug-likeness (QED) is 0.890. The van der Waals surface area contributed by atoms with Gasteiger partial charge >= 0.3 is 0 Å². The Bertz CT molecular complexity index is 350. The summed E-state index contributed by atoms with van der Waals surface area (Å²) in [6.45, 7) is 0. The van der Waals surface area contributed by atoms with Gasteiger partial charge in [0.1, 0.15) is 5.82 Å². The first-order chi connectivity index (χ1) is 8.24. The van der Waals surface area contributed by atoms with Crippen LogP contribution in [0.3, 0.4) is 0 Å². The number of rotatable bonds is 4. The zero-order valence-electron chi connectivity index (χ0n) is 9.94. The third-order valence-corrected chi connectivity index (χ3v) is 4.36. The Morgan fingerprint density at radius 2 is 2.12 bits per heavy atom. The van der Waals surface area contributed by atoms with E-state index in [0.29, 0.717) is 12.3 Å². The maximum absolute atomic E-state index is 13.0. The Hall–Kier alpha value is -0.540. The highest BCUT2D eigenvalue weighted by molar-refractivity contribution is 7.99. The lowest BCUT2D eigenvalue weighted by molar-refractivity contribution is 0.139. The number of halogens is 1. The third kappa shape index (κ3) is 4.32. The summed E-state index contributed by atoms with van der Waals surface area (Å²) >= 11 is 2.00. The lowest BCUT2D eigenvalue weighted by atomic mass is 9.93. The van der Waals surface area contributed by atoms with Crippen molar-refractivity contribution in [1.29, 1.82) is 0 Å². The second-order valence-corrected chi connectivity index (χ2v) is 6.00. The molecule has 1 aromatic carbocycles. The van der Waals surface area contributed by atoms with Gasteiger partial charge in [-0.1, -0.05) is 12.1 Å². The van der Waals surface area contributed by atoms with Gasteiger partial charge in [-0.2, -0.15) is 11.8 Å². The monoisotopic (exact) mass is 254 g/mol. The standard InChI is InChI=1S/C14H19FOS/c15-13-3-1-2-12(8-13)10-14(16)9-11-4-6-17-7-5-11/h1-3,8,11,14,16H,4-7,9-10H2. The minimum absolute atomic E-state index is 0.219. The molecule has 1 aromatic rings. The number of benzene rings is 1. The normalized spacial score (nSPS) is 19.2. The van der Waals surface area contributed by atoms with Crippen LogP contribution in [0, 0.1) is 11.7 Å². The Balaban J connectivity index is 1.82. The van der Waals surface area contributed by atoms with Gasteiger partial charge < -0.3 is 5.11 Å². The summed E-state index contributed by atoms with van der Waals surface area (Å²) in [5.74, 6) is 2.87. The zero-order chi connectivity index (χ0) is 12.1. The summed E-state index contributed by atoms with van der Waals surface area (Å²) in [5.41, 5.74) is 0.891. The molecule has 0 aromatic heterocycles. The van der Waals surface area contributed by atoms with Crippen LogP contribution in [0.4, 0.5) is 4.39 Å². The fraction of sp³-hybridized carbons (Fsp3) is 0.571. The Morgan fingerprint density at radius 1 is 1.35 bits per heavy atom. The number of thioether (sulfide) groups is 1. The van der Waals surface area contributed by atoms with E-state index in [1.165, 1.54) is 36.5 Å². The van der Waals surface area contributed by atoms with E-state index < -0.39 is 0 Å². The highest BCUT2D eigenvalue weighted by Gasteiger charge is 2.17. The molecule has 1 aliphatic heterocycles. The molecule has 2 rings (SSSR count). The molecule has 1 heterocycles. The van der Waals surface area contributed by atoms with Crippen LogP contribution in [-0.2, 0) is 6.42 Å². The molecule has 94 valence electrons. The average Bonchev–Trinajstić information content (AvgIpc) is 2.30. The minimum atomic E-state index is -0.329. The van der Waals surface area contributed by atoms with Crippen LogP contribution < -0.4 is 0 Å². The predicted octanol–water partition coefficient (Wildman–Crippen LogP) is 3.26. The molecule has 1 aliphatic rings. The smallest absolute Gasteiger partial charge is 0.123 e. The summed E-state index contributed by atoms with van der Waals surface area (Å²) in [6.07, 6.45) is 3.53. The van der Waals surface area contributed by atoms with Gasteiger partial charge in [-0.05, 0) is 60.8 Å². The predicted molar refractivity (Wildman–Crippen MR) is 70.8 cm³/mol. The van der Waals surface area contributed by atoms with Crippen LogP contribution in [0.2, 0.25) is 0 Å². The summed E-state index contributed by atoms with van der Waals surface area (Å²) < 4.78 is 13.0. The van der Waals surface area contributed by atoms with E-state index in [9.17, 15) is 9.50 Å². The van der Waals surface area contributed by atoms with Crippen molar-refractivity contribution in [3.05, 3.63) is 35.6 Å². The van der Waals surface area contributed by atoms with Crippen LogP contribution in [0.15, 0.2) is 24.3 Å². The van der Waals surface area contributed by atoms with Gasteiger partial charge in [0, 0.05) is 0 Å². The molecule has 1 atom stereocenters. The van der Waals surface area contributed by atoms with E-state index in [1.54, 1.807) is 6.07 Å². The van der Waals surface area contributed by atoms with Crippen LogP contribution in [0.25, 0.3) is 0 Å². The van der Waals surface area contributed by atoms with Gasteiger partial charge in [-0.25, -0.2) is 4.39 Å². The van der Waals surface area contributed by atoms with Gasteiger partial charge in [-0.3, -0.25) is 0 Å². The summed E-state index contributed by atoms with van der Waals surface area (Å²) in [5, 5.41) is 10.0. The average molecular weight is 254 g/mol. The summed E-state index contributed by atoms with van der Waals surface area (Å²) in [6, 6.07) is 6.53. The highest BCUT2D eigenvalue weighted by atomic mass is 32.2. The van der Waals surface area contributed by atoms with Crippen molar-refractivity contribution >= 4 is 11.8 Å². The molecule has 1 N–H and O–H groups in total. The van der Waals surface area contributed by atoms with Gasteiger partial charge in [-0.15, -0.1) is 0 Å². The number of aliphatic hydroxyl groups is 1. The molecule has 1 unspecified atom stereocenters. The van der Waals surface area contributed by atoms with E-state index in [2.05, 4.69) is 0 Å². The maximum atomic E-state index is 13.0. The Labute approximate surface area is 106 Å².